The van der Waals surface area contributed by atoms with Crippen LogP contribution in [-0.4, -0.2) is 39.5 Å². The quantitative estimate of drug-likeness (QED) is 0.854. The molecule has 0 radical (unpaired) electrons. The predicted molar refractivity (Wildman–Crippen MR) is 68.6 cm³/mol. The van der Waals surface area contributed by atoms with E-state index in [4.69, 9.17) is 15.2 Å². The van der Waals surface area contributed by atoms with Crippen molar-refractivity contribution in [2.45, 2.75) is 12.5 Å². The molecule has 0 aliphatic carbocycles. The van der Waals surface area contributed by atoms with Crippen LogP contribution in [0.25, 0.3) is 0 Å². The molecule has 0 saturated carbocycles. The number of methoxy groups -OCH3 is 1. The zero-order valence-electron chi connectivity index (χ0n) is 10.3. The lowest BCUT2D eigenvalue weighted by Gasteiger charge is -2.37. The molecule has 0 spiro atoms. The lowest BCUT2D eigenvalue weighted by Crippen LogP contribution is -2.46. The summed E-state index contributed by atoms with van der Waals surface area (Å²) in [6.45, 7) is 3.17. The predicted octanol–water partition coefficient (Wildman–Crippen LogP) is 1.25. The van der Waals surface area contributed by atoms with E-state index in [0.717, 1.165) is 31.9 Å². The van der Waals surface area contributed by atoms with Crippen molar-refractivity contribution in [1.82, 2.24) is 0 Å². The summed E-state index contributed by atoms with van der Waals surface area (Å²) in [5.74, 6) is 0.886. The molecule has 2 N–H and O–H groups in total. The molecule has 1 fully saturated rings. The average Bonchev–Trinajstić information content (AvgIpc) is 2.40. The van der Waals surface area contributed by atoms with E-state index >= 15 is 0 Å². The molecule has 1 heterocycles. The summed E-state index contributed by atoms with van der Waals surface area (Å²) in [5, 5.41) is 0. The van der Waals surface area contributed by atoms with Crippen molar-refractivity contribution in [3.8, 4) is 5.75 Å². The Labute approximate surface area is 102 Å². The summed E-state index contributed by atoms with van der Waals surface area (Å²) in [7, 11) is 1.68. The molecule has 1 aliphatic heterocycles. The number of rotatable bonds is 4. The van der Waals surface area contributed by atoms with Gasteiger partial charge < -0.3 is 20.1 Å². The molecule has 0 amide bonds. The van der Waals surface area contributed by atoms with Crippen molar-refractivity contribution < 1.29 is 9.47 Å². The number of anilines is 1. The number of ether oxygens (including phenoxy) is 2. The molecular formula is C13H20N2O2. The van der Waals surface area contributed by atoms with Crippen LogP contribution in [0.2, 0.25) is 0 Å². The van der Waals surface area contributed by atoms with Crippen LogP contribution >= 0.6 is 0 Å². The molecule has 1 aliphatic rings. The summed E-state index contributed by atoms with van der Waals surface area (Å²) >= 11 is 0. The fourth-order valence-corrected chi connectivity index (χ4v) is 2.20. The Hall–Kier alpha value is -1.26. The summed E-state index contributed by atoms with van der Waals surface area (Å²) in [5.41, 5.74) is 6.86. The lowest BCUT2D eigenvalue weighted by atomic mass is 10.1. The number of benzene rings is 1. The van der Waals surface area contributed by atoms with Gasteiger partial charge in [-0.15, -0.1) is 0 Å². The molecule has 1 aromatic carbocycles. The molecule has 0 aromatic heterocycles. The Morgan fingerprint density at radius 2 is 2.18 bits per heavy atom. The summed E-state index contributed by atoms with van der Waals surface area (Å²) in [6, 6.07) is 8.55. The van der Waals surface area contributed by atoms with E-state index in [1.54, 1.807) is 7.11 Å². The van der Waals surface area contributed by atoms with Gasteiger partial charge in [0.25, 0.3) is 0 Å². The van der Waals surface area contributed by atoms with Gasteiger partial charge in [-0.1, -0.05) is 0 Å². The van der Waals surface area contributed by atoms with Crippen molar-refractivity contribution in [2.24, 2.45) is 5.73 Å². The molecule has 1 aromatic rings. The van der Waals surface area contributed by atoms with Crippen LogP contribution in [0.1, 0.15) is 6.42 Å². The fraction of sp³-hybridized carbons (Fsp3) is 0.538. The summed E-state index contributed by atoms with van der Waals surface area (Å²) in [6.07, 6.45) is 0.964. The van der Waals surface area contributed by atoms with Gasteiger partial charge in [-0.2, -0.15) is 0 Å². The molecule has 4 heteroatoms. The minimum Gasteiger partial charge on any atom is -0.497 e. The second-order valence-electron chi connectivity index (χ2n) is 4.20. The number of hydrogen-bond donors (Lipinski definition) is 1. The Balaban J connectivity index is 2.11. The van der Waals surface area contributed by atoms with Crippen LogP contribution < -0.4 is 15.4 Å². The first kappa shape index (κ1) is 12.2. The highest BCUT2D eigenvalue weighted by Gasteiger charge is 2.22. The summed E-state index contributed by atoms with van der Waals surface area (Å²) < 4.78 is 10.7. The van der Waals surface area contributed by atoms with Gasteiger partial charge in [-0.05, 0) is 37.2 Å². The average molecular weight is 236 g/mol. The molecule has 2 rings (SSSR count). The molecule has 1 unspecified atom stereocenters. The molecular weight excluding hydrogens is 216 g/mol. The van der Waals surface area contributed by atoms with Crippen molar-refractivity contribution in [2.75, 3.05) is 38.3 Å². The zero-order chi connectivity index (χ0) is 12.1. The molecule has 17 heavy (non-hydrogen) atoms. The van der Waals surface area contributed by atoms with E-state index in [9.17, 15) is 0 Å². The highest BCUT2D eigenvalue weighted by molar-refractivity contribution is 5.50. The second-order valence-corrected chi connectivity index (χ2v) is 4.20. The van der Waals surface area contributed by atoms with Crippen LogP contribution in [0.4, 0.5) is 5.69 Å². The first-order valence-electron chi connectivity index (χ1n) is 6.03. The van der Waals surface area contributed by atoms with Crippen LogP contribution in [0.15, 0.2) is 24.3 Å². The van der Waals surface area contributed by atoms with Gasteiger partial charge in [0.15, 0.2) is 0 Å². The van der Waals surface area contributed by atoms with Gasteiger partial charge in [-0.25, -0.2) is 0 Å². The van der Waals surface area contributed by atoms with E-state index in [1.165, 1.54) is 5.69 Å². The topological polar surface area (TPSA) is 47.7 Å². The maximum absolute atomic E-state index is 5.64. The van der Waals surface area contributed by atoms with E-state index < -0.39 is 0 Å². The number of nitrogens with zero attached hydrogens (tertiary/aromatic N) is 1. The Morgan fingerprint density at radius 1 is 1.41 bits per heavy atom. The smallest absolute Gasteiger partial charge is 0.119 e. The van der Waals surface area contributed by atoms with Crippen LogP contribution in [0, 0.1) is 0 Å². The number of nitrogens with two attached hydrogens (primary N) is 1. The van der Waals surface area contributed by atoms with Gasteiger partial charge >= 0.3 is 0 Å². The van der Waals surface area contributed by atoms with Gasteiger partial charge in [0.2, 0.25) is 0 Å². The second kappa shape index (κ2) is 5.89. The minimum atomic E-state index is 0.391. The van der Waals surface area contributed by atoms with Crippen molar-refractivity contribution in [1.29, 1.82) is 0 Å². The molecule has 4 nitrogen and oxygen atoms in total. The van der Waals surface area contributed by atoms with Gasteiger partial charge in [0, 0.05) is 12.2 Å². The molecule has 0 bridgehead atoms. The SMILES string of the molecule is COc1ccc(N2CCOCC2CCN)cc1. The molecule has 1 atom stereocenters. The molecule has 94 valence electrons. The van der Waals surface area contributed by atoms with Crippen LogP contribution in [0.5, 0.6) is 5.75 Å². The van der Waals surface area contributed by atoms with E-state index in [-0.39, 0.29) is 0 Å². The first-order valence-corrected chi connectivity index (χ1v) is 6.03. The van der Waals surface area contributed by atoms with E-state index in [0.29, 0.717) is 12.6 Å². The minimum absolute atomic E-state index is 0.391. The normalized spacial score (nSPS) is 20.4. The Bertz CT molecular complexity index is 338. The largest absolute Gasteiger partial charge is 0.497 e. The third-order valence-corrected chi connectivity index (χ3v) is 3.13. The standard InChI is InChI=1S/C13H20N2O2/c1-16-13-4-2-11(3-5-13)15-8-9-17-10-12(15)6-7-14/h2-5,12H,6-10,14H2,1H3. The third kappa shape index (κ3) is 2.90. The van der Waals surface area contributed by atoms with E-state index in [1.807, 2.05) is 12.1 Å². The van der Waals surface area contributed by atoms with Gasteiger partial charge in [0.05, 0.1) is 26.4 Å². The van der Waals surface area contributed by atoms with Crippen LogP contribution in [-0.2, 0) is 4.74 Å². The fourth-order valence-electron chi connectivity index (χ4n) is 2.20. The van der Waals surface area contributed by atoms with Crippen LogP contribution in [0.3, 0.4) is 0 Å². The highest BCUT2D eigenvalue weighted by Crippen LogP contribution is 2.23. The van der Waals surface area contributed by atoms with Crippen molar-refractivity contribution >= 4 is 5.69 Å². The first-order chi connectivity index (χ1) is 8.35. The number of hydrogen-bond acceptors (Lipinski definition) is 4. The third-order valence-electron chi connectivity index (χ3n) is 3.13. The Kier molecular flexibility index (Phi) is 4.23. The molecule has 1 saturated heterocycles. The van der Waals surface area contributed by atoms with Crippen molar-refractivity contribution in [3.05, 3.63) is 24.3 Å². The van der Waals surface area contributed by atoms with Gasteiger partial charge in [0.1, 0.15) is 5.75 Å². The zero-order valence-corrected chi connectivity index (χ0v) is 10.3. The number of morpholine rings is 1. The lowest BCUT2D eigenvalue weighted by molar-refractivity contribution is 0.0922. The Morgan fingerprint density at radius 3 is 2.82 bits per heavy atom. The van der Waals surface area contributed by atoms with E-state index in [2.05, 4.69) is 17.0 Å². The van der Waals surface area contributed by atoms with Gasteiger partial charge in [-0.3, -0.25) is 0 Å². The van der Waals surface area contributed by atoms with Crippen molar-refractivity contribution in [3.63, 3.8) is 0 Å². The highest BCUT2D eigenvalue weighted by atomic mass is 16.5. The summed E-state index contributed by atoms with van der Waals surface area (Å²) in [4.78, 5) is 2.37. The maximum atomic E-state index is 5.64. The maximum Gasteiger partial charge on any atom is 0.119 e. The monoisotopic (exact) mass is 236 g/mol.